The number of carbonyl (C=O) groups is 3. The lowest BCUT2D eigenvalue weighted by molar-refractivity contribution is -0.116. The number of thioether (sulfide) groups is 1. The molecule has 0 saturated heterocycles. The summed E-state index contributed by atoms with van der Waals surface area (Å²) in [4.78, 5) is 37.3. The lowest BCUT2D eigenvalue weighted by atomic mass is 10.1. The Bertz CT molecular complexity index is 1150. The third-order valence-corrected chi connectivity index (χ3v) is 6.24. The fraction of sp³-hybridized carbons (Fsp3) is 0.160. The van der Waals surface area contributed by atoms with E-state index in [0.717, 1.165) is 16.9 Å². The Morgan fingerprint density at radius 1 is 0.970 bits per heavy atom. The van der Waals surface area contributed by atoms with Crippen molar-refractivity contribution in [1.82, 2.24) is 0 Å². The van der Waals surface area contributed by atoms with E-state index in [-0.39, 0.29) is 28.1 Å². The van der Waals surface area contributed by atoms with E-state index >= 15 is 0 Å². The van der Waals surface area contributed by atoms with E-state index in [2.05, 4.69) is 10.6 Å². The van der Waals surface area contributed by atoms with E-state index in [1.807, 2.05) is 55.5 Å². The Morgan fingerprint density at radius 3 is 2.42 bits per heavy atom. The highest BCUT2D eigenvalue weighted by molar-refractivity contribution is 8.00. The van der Waals surface area contributed by atoms with Crippen LogP contribution in [0.5, 0.6) is 0 Å². The summed E-state index contributed by atoms with van der Waals surface area (Å²) in [5.41, 5.74) is 1.67. The summed E-state index contributed by atoms with van der Waals surface area (Å²) in [5, 5.41) is 14.5. The van der Waals surface area contributed by atoms with E-state index < -0.39 is 11.2 Å². The minimum atomic E-state index is -1.11. The Labute approximate surface area is 201 Å². The quantitative estimate of drug-likeness (QED) is 0.313. The first kappa shape index (κ1) is 24.4. The zero-order valence-electron chi connectivity index (χ0n) is 17.9. The summed E-state index contributed by atoms with van der Waals surface area (Å²) >= 11 is 7.51. The predicted molar refractivity (Wildman–Crippen MR) is 132 cm³/mol. The molecule has 3 aromatic rings. The molecule has 0 fully saturated rings. The van der Waals surface area contributed by atoms with Crippen LogP contribution in [0.1, 0.15) is 40.9 Å². The first-order valence-corrected chi connectivity index (χ1v) is 11.6. The van der Waals surface area contributed by atoms with Gasteiger partial charge in [0.2, 0.25) is 11.8 Å². The van der Waals surface area contributed by atoms with Crippen molar-refractivity contribution in [1.29, 1.82) is 0 Å². The maximum atomic E-state index is 13.3. The van der Waals surface area contributed by atoms with E-state index in [4.69, 9.17) is 11.6 Å². The smallest absolute Gasteiger partial charge is 0.335 e. The fourth-order valence-corrected chi connectivity index (χ4v) is 4.34. The van der Waals surface area contributed by atoms with Gasteiger partial charge in [0.05, 0.1) is 16.3 Å². The number of amides is 2. The van der Waals surface area contributed by atoms with E-state index in [1.165, 1.54) is 30.0 Å². The monoisotopic (exact) mass is 482 g/mol. The van der Waals surface area contributed by atoms with Gasteiger partial charge in [-0.1, -0.05) is 54.9 Å². The Balaban J connectivity index is 1.86. The average molecular weight is 483 g/mol. The second kappa shape index (κ2) is 11.5. The number of hydrogen-bond donors (Lipinski definition) is 3. The maximum Gasteiger partial charge on any atom is 0.335 e. The Kier molecular flexibility index (Phi) is 8.52. The molecule has 6 nitrogen and oxygen atoms in total. The van der Waals surface area contributed by atoms with Crippen LogP contribution in [0.3, 0.4) is 0 Å². The van der Waals surface area contributed by atoms with Crippen LogP contribution in [0.25, 0.3) is 0 Å². The molecule has 0 aliphatic rings. The van der Waals surface area contributed by atoms with Crippen molar-refractivity contribution >= 4 is 52.5 Å². The molecule has 0 radical (unpaired) electrons. The molecule has 0 aliphatic carbocycles. The maximum absolute atomic E-state index is 13.3. The standard InChI is InChI=1S/C25H23ClN2O4S/c1-2-7-22(29)27-18-10-6-11-19(15-18)33-23(16-8-4-3-5-9-16)24(30)28-21-14-17(25(31)32)12-13-20(21)26/h3-6,8-15,23H,2,7H2,1H3,(H,27,29)(H,28,30)(H,31,32). The Morgan fingerprint density at radius 2 is 1.73 bits per heavy atom. The van der Waals surface area contributed by atoms with Crippen molar-refractivity contribution in [3.05, 3.63) is 88.9 Å². The third-order valence-electron chi connectivity index (χ3n) is 4.66. The molecular weight excluding hydrogens is 460 g/mol. The average Bonchev–Trinajstić information content (AvgIpc) is 2.79. The van der Waals surface area contributed by atoms with Gasteiger partial charge < -0.3 is 15.7 Å². The highest BCUT2D eigenvalue weighted by atomic mass is 35.5. The molecule has 0 aliphatic heterocycles. The molecule has 33 heavy (non-hydrogen) atoms. The van der Waals surface area contributed by atoms with Gasteiger partial charge in [0.25, 0.3) is 0 Å². The summed E-state index contributed by atoms with van der Waals surface area (Å²) in [5.74, 6) is -1.53. The van der Waals surface area contributed by atoms with Crippen molar-refractivity contribution < 1.29 is 19.5 Å². The minimum absolute atomic E-state index is 0.0223. The van der Waals surface area contributed by atoms with Gasteiger partial charge in [-0.05, 0) is 48.4 Å². The van der Waals surface area contributed by atoms with Crippen LogP contribution in [0.2, 0.25) is 5.02 Å². The molecule has 0 saturated carbocycles. The normalized spacial score (nSPS) is 11.5. The third kappa shape index (κ3) is 6.84. The van der Waals surface area contributed by atoms with Crippen molar-refractivity contribution in [3.63, 3.8) is 0 Å². The molecular formula is C25H23ClN2O4S. The van der Waals surface area contributed by atoms with Gasteiger partial charge in [0, 0.05) is 17.0 Å². The van der Waals surface area contributed by atoms with Crippen molar-refractivity contribution in [3.8, 4) is 0 Å². The van der Waals surface area contributed by atoms with Gasteiger partial charge in [0.15, 0.2) is 0 Å². The topological polar surface area (TPSA) is 95.5 Å². The minimum Gasteiger partial charge on any atom is -0.478 e. The van der Waals surface area contributed by atoms with E-state index in [9.17, 15) is 19.5 Å². The predicted octanol–water partition coefficient (Wildman–Crippen LogP) is 6.25. The fourth-order valence-electron chi connectivity index (χ4n) is 3.09. The zero-order valence-corrected chi connectivity index (χ0v) is 19.5. The number of carboxylic acids is 1. The van der Waals surface area contributed by atoms with E-state index in [0.29, 0.717) is 12.1 Å². The number of carbonyl (C=O) groups excluding carboxylic acids is 2. The summed E-state index contributed by atoms with van der Waals surface area (Å²) in [6, 6.07) is 20.7. The molecule has 170 valence electrons. The van der Waals surface area contributed by atoms with Crippen molar-refractivity contribution in [2.75, 3.05) is 10.6 Å². The molecule has 0 spiro atoms. The molecule has 8 heteroatoms. The van der Waals surface area contributed by atoms with Crippen molar-refractivity contribution in [2.45, 2.75) is 29.9 Å². The zero-order chi connectivity index (χ0) is 23.8. The highest BCUT2D eigenvalue weighted by Crippen LogP contribution is 2.38. The number of carboxylic acid groups (broad SMARTS) is 1. The van der Waals surface area contributed by atoms with Crippen LogP contribution < -0.4 is 10.6 Å². The van der Waals surface area contributed by atoms with Gasteiger partial charge in [-0.15, -0.1) is 11.8 Å². The first-order valence-electron chi connectivity index (χ1n) is 10.3. The Hall–Kier alpha value is -3.29. The largest absolute Gasteiger partial charge is 0.478 e. The highest BCUT2D eigenvalue weighted by Gasteiger charge is 2.23. The lowest BCUT2D eigenvalue weighted by Crippen LogP contribution is -2.19. The van der Waals surface area contributed by atoms with Crippen LogP contribution in [-0.4, -0.2) is 22.9 Å². The summed E-state index contributed by atoms with van der Waals surface area (Å²) in [6.45, 7) is 1.94. The second-order valence-electron chi connectivity index (χ2n) is 7.22. The summed E-state index contributed by atoms with van der Waals surface area (Å²) in [7, 11) is 0. The molecule has 3 rings (SSSR count). The van der Waals surface area contributed by atoms with E-state index in [1.54, 1.807) is 6.07 Å². The van der Waals surface area contributed by atoms with Crippen LogP contribution in [0.4, 0.5) is 11.4 Å². The van der Waals surface area contributed by atoms with Crippen LogP contribution in [0.15, 0.2) is 77.7 Å². The first-order chi connectivity index (χ1) is 15.9. The van der Waals surface area contributed by atoms with Crippen LogP contribution in [-0.2, 0) is 9.59 Å². The molecule has 0 heterocycles. The SMILES string of the molecule is CCCC(=O)Nc1cccc(SC(C(=O)Nc2cc(C(=O)O)ccc2Cl)c2ccccc2)c1. The number of rotatable bonds is 9. The van der Waals surface area contributed by atoms with Gasteiger partial charge in [0.1, 0.15) is 5.25 Å². The van der Waals surface area contributed by atoms with Crippen molar-refractivity contribution in [2.24, 2.45) is 0 Å². The number of aromatic carboxylic acids is 1. The molecule has 0 aromatic heterocycles. The van der Waals surface area contributed by atoms with Gasteiger partial charge >= 0.3 is 5.97 Å². The van der Waals surface area contributed by atoms with Gasteiger partial charge in [-0.25, -0.2) is 4.79 Å². The number of halogens is 1. The number of benzene rings is 3. The molecule has 0 bridgehead atoms. The second-order valence-corrected chi connectivity index (χ2v) is 8.81. The van der Waals surface area contributed by atoms with Crippen LogP contribution in [0, 0.1) is 0 Å². The number of hydrogen-bond acceptors (Lipinski definition) is 4. The summed E-state index contributed by atoms with van der Waals surface area (Å²) < 4.78 is 0. The molecule has 3 N–H and O–H groups in total. The molecule has 1 unspecified atom stereocenters. The lowest BCUT2D eigenvalue weighted by Gasteiger charge is -2.18. The summed E-state index contributed by atoms with van der Waals surface area (Å²) in [6.07, 6.45) is 1.19. The number of anilines is 2. The molecule has 2 amide bonds. The van der Waals surface area contributed by atoms with Gasteiger partial charge in [-0.3, -0.25) is 9.59 Å². The molecule has 1 atom stereocenters. The number of nitrogens with one attached hydrogen (secondary N) is 2. The molecule has 3 aromatic carbocycles. The van der Waals surface area contributed by atoms with Crippen LogP contribution >= 0.6 is 23.4 Å². The van der Waals surface area contributed by atoms with Gasteiger partial charge in [-0.2, -0.15) is 0 Å².